The molecule has 0 atom stereocenters. The molecule has 0 bridgehead atoms. The minimum absolute atomic E-state index is 1.13. The fourth-order valence-corrected chi connectivity index (χ4v) is 7.62. The van der Waals surface area contributed by atoms with Crippen LogP contribution in [0.15, 0.2) is 188 Å². The van der Waals surface area contributed by atoms with E-state index in [0.29, 0.717) is 0 Å². The zero-order chi connectivity index (χ0) is 32.3. The molecule has 49 heavy (non-hydrogen) atoms. The molecule has 1 aliphatic rings. The van der Waals surface area contributed by atoms with E-state index in [0.717, 1.165) is 11.4 Å². The van der Waals surface area contributed by atoms with Gasteiger partial charge < -0.3 is 4.90 Å². The van der Waals surface area contributed by atoms with Crippen molar-refractivity contribution in [3.8, 4) is 44.5 Å². The van der Waals surface area contributed by atoms with Gasteiger partial charge in [0.05, 0.1) is 5.69 Å². The van der Waals surface area contributed by atoms with Crippen LogP contribution in [-0.4, -0.2) is 0 Å². The molecule has 10 rings (SSSR count). The van der Waals surface area contributed by atoms with Crippen molar-refractivity contribution in [1.29, 1.82) is 0 Å². The number of fused-ring (bicyclic) bond motifs is 7. The van der Waals surface area contributed by atoms with Gasteiger partial charge in [-0.1, -0.05) is 127 Å². The highest BCUT2D eigenvalue weighted by atomic mass is 15.1. The van der Waals surface area contributed by atoms with Gasteiger partial charge in [0.25, 0.3) is 0 Å². The molecule has 1 nitrogen and oxygen atoms in total. The van der Waals surface area contributed by atoms with Crippen LogP contribution in [0, 0.1) is 0 Å². The maximum Gasteiger partial charge on any atom is 0.0540 e. The van der Waals surface area contributed by atoms with Crippen molar-refractivity contribution >= 4 is 49.4 Å². The molecule has 1 heteroatoms. The topological polar surface area (TPSA) is 3.24 Å². The first-order valence-electron chi connectivity index (χ1n) is 16.9. The second-order valence-electron chi connectivity index (χ2n) is 13.0. The van der Waals surface area contributed by atoms with Crippen LogP contribution in [0.25, 0.3) is 76.8 Å². The Labute approximate surface area is 286 Å². The number of benzene rings is 9. The first kappa shape index (κ1) is 27.7. The summed E-state index contributed by atoms with van der Waals surface area (Å²) in [5.41, 5.74) is 13.7. The van der Waals surface area contributed by atoms with Crippen molar-refractivity contribution in [3.05, 3.63) is 188 Å². The average molecular weight is 622 g/mol. The maximum atomic E-state index is 2.42. The minimum atomic E-state index is 1.13. The van der Waals surface area contributed by atoms with Crippen LogP contribution in [0.2, 0.25) is 0 Å². The summed E-state index contributed by atoms with van der Waals surface area (Å²) >= 11 is 0. The molecule has 0 unspecified atom stereocenters. The zero-order valence-corrected chi connectivity index (χ0v) is 26.8. The van der Waals surface area contributed by atoms with E-state index < -0.39 is 0 Å². The van der Waals surface area contributed by atoms with Crippen molar-refractivity contribution in [2.75, 3.05) is 4.90 Å². The Bertz CT molecular complexity index is 2690. The highest BCUT2D eigenvalue weighted by Gasteiger charge is 2.25. The van der Waals surface area contributed by atoms with Crippen molar-refractivity contribution in [2.24, 2.45) is 0 Å². The largest absolute Gasteiger partial charge is 0.310 e. The molecule has 0 amide bonds. The molecule has 0 fully saturated rings. The molecule has 1 aliphatic carbocycles. The highest BCUT2D eigenvalue weighted by Crippen LogP contribution is 2.52. The summed E-state index contributed by atoms with van der Waals surface area (Å²) < 4.78 is 0. The fraction of sp³-hybridized carbons (Fsp3) is 0. The van der Waals surface area contributed by atoms with Gasteiger partial charge in [0.15, 0.2) is 0 Å². The maximum absolute atomic E-state index is 2.42. The lowest BCUT2D eigenvalue weighted by Crippen LogP contribution is -2.11. The van der Waals surface area contributed by atoms with E-state index in [1.165, 1.54) is 82.5 Å². The summed E-state index contributed by atoms with van der Waals surface area (Å²) in [6.45, 7) is 0. The third-order valence-corrected chi connectivity index (χ3v) is 10.1. The molecule has 0 aliphatic heterocycles. The summed E-state index contributed by atoms with van der Waals surface area (Å²) in [6.07, 6.45) is 0. The quantitative estimate of drug-likeness (QED) is 0.185. The van der Waals surface area contributed by atoms with E-state index in [9.17, 15) is 0 Å². The number of hydrogen-bond donors (Lipinski definition) is 0. The van der Waals surface area contributed by atoms with E-state index >= 15 is 0 Å². The highest BCUT2D eigenvalue weighted by molar-refractivity contribution is 6.14. The zero-order valence-electron chi connectivity index (χ0n) is 26.8. The predicted octanol–water partition coefficient (Wildman–Crippen LogP) is 13.6. The lowest BCUT2D eigenvalue weighted by atomic mass is 9.77. The summed E-state index contributed by atoms with van der Waals surface area (Å²) in [4.78, 5) is 2.42. The molecule has 0 saturated carbocycles. The van der Waals surface area contributed by atoms with Crippen molar-refractivity contribution in [2.45, 2.75) is 0 Å². The first-order valence-corrected chi connectivity index (χ1v) is 16.9. The fourth-order valence-electron chi connectivity index (χ4n) is 7.62. The van der Waals surface area contributed by atoms with Gasteiger partial charge in [-0.3, -0.25) is 0 Å². The molecule has 228 valence electrons. The van der Waals surface area contributed by atoms with Gasteiger partial charge in [0.2, 0.25) is 0 Å². The van der Waals surface area contributed by atoms with Gasteiger partial charge in [-0.15, -0.1) is 0 Å². The van der Waals surface area contributed by atoms with Crippen LogP contribution in [0.3, 0.4) is 0 Å². The number of hydrogen-bond acceptors (Lipinski definition) is 1. The summed E-state index contributed by atoms with van der Waals surface area (Å²) in [5.74, 6) is 0. The third-order valence-electron chi connectivity index (χ3n) is 10.1. The van der Waals surface area contributed by atoms with E-state index in [4.69, 9.17) is 0 Å². The van der Waals surface area contributed by atoms with E-state index in [1.54, 1.807) is 0 Å². The van der Waals surface area contributed by atoms with Gasteiger partial charge >= 0.3 is 0 Å². The number of nitrogens with zero attached hydrogens (tertiary/aromatic N) is 1. The van der Waals surface area contributed by atoms with Gasteiger partial charge in [0.1, 0.15) is 0 Å². The molecule has 0 N–H and O–H groups in total. The van der Waals surface area contributed by atoms with Crippen molar-refractivity contribution in [1.82, 2.24) is 0 Å². The van der Waals surface area contributed by atoms with Gasteiger partial charge in [0, 0.05) is 16.8 Å². The lowest BCUT2D eigenvalue weighted by Gasteiger charge is -2.30. The van der Waals surface area contributed by atoms with Gasteiger partial charge in [-0.2, -0.15) is 0 Å². The number of rotatable bonds is 5. The SMILES string of the molecule is c1ccc(-c2ccc(N(c3ccc4ccccc4c3)c3cccc4cc5c(cc34)-c3cc4cc(-c6ccccc6)ccc4cc3-5)cc2)cc1. The van der Waals surface area contributed by atoms with Crippen molar-refractivity contribution < 1.29 is 0 Å². The Morgan fingerprint density at radius 1 is 0.265 bits per heavy atom. The Kier molecular flexibility index (Phi) is 6.25. The van der Waals surface area contributed by atoms with Gasteiger partial charge in [-0.05, 0) is 132 Å². The molecule has 0 heterocycles. The molecule has 9 aromatic rings. The van der Waals surface area contributed by atoms with E-state index in [1.807, 2.05) is 0 Å². The molecule has 0 radical (unpaired) electrons. The van der Waals surface area contributed by atoms with Crippen LogP contribution in [0.5, 0.6) is 0 Å². The van der Waals surface area contributed by atoms with Crippen molar-refractivity contribution in [3.63, 3.8) is 0 Å². The number of anilines is 3. The first-order chi connectivity index (χ1) is 24.3. The van der Waals surface area contributed by atoms with E-state index in [2.05, 4.69) is 193 Å². The Morgan fingerprint density at radius 3 is 1.53 bits per heavy atom. The standard InChI is InChI=1S/C48H31N/c1-3-10-32(11-4-1)35-20-23-41(24-21-35)49(42-25-22-34-14-7-8-15-36(34)27-42)48-17-9-16-39-29-45-44-28-38-19-18-37(33-12-5-2-6-13-33)26-40(38)30-46(44)47(45)31-43(39)48/h1-31H. The molecule has 9 aromatic carbocycles. The monoisotopic (exact) mass is 621 g/mol. The molecule has 0 aromatic heterocycles. The lowest BCUT2D eigenvalue weighted by molar-refractivity contribution is 1.30. The smallest absolute Gasteiger partial charge is 0.0540 e. The molecule has 0 saturated heterocycles. The van der Waals surface area contributed by atoms with Gasteiger partial charge in [-0.25, -0.2) is 0 Å². The average Bonchev–Trinajstić information content (AvgIpc) is 3.17. The predicted molar refractivity (Wildman–Crippen MR) is 209 cm³/mol. The summed E-state index contributed by atoms with van der Waals surface area (Å²) in [5, 5.41) is 7.50. The second kappa shape index (κ2) is 11.1. The summed E-state index contributed by atoms with van der Waals surface area (Å²) in [6, 6.07) is 68.7. The molecular formula is C48H31N. The minimum Gasteiger partial charge on any atom is -0.310 e. The summed E-state index contributed by atoms with van der Waals surface area (Å²) in [7, 11) is 0. The molecule has 0 spiro atoms. The normalized spacial score (nSPS) is 11.7. The van der Waals surface area contributed by atoms with Crippen LogP contribution in [0.4, 0.5) is 17.1 Å². The second-order valence-corrected chi connectivity index (χ2v) is 13.0. The van der Waals surface area contributed by atoms with E-state index in [-0.39, 0.29) is 0 Å². The Hall–Kier alpha value is -6.44. The van der Waals surface area contributed by atoms with Crippen LogP contribution < -0.4 is 4.90 Å². The third kappa shape index (κ3) is 4.63. The molecular weight excluding hydrogens is 591 g/mol. The van der Waals surface area contributed by atoms with Crippen LogP contribution >= 0.6 is 0 Å². The Morgan fingerprint density at radius 2 is 0.776 bits per heavy atom. The Balaban J connectivity index is 1.12. The van der Waals surface area contributed by atoms with Crippen LogP contribution in [-0.2, 0) is 0 Å². The van der Waals surface area contributed by atoms with Crippen LogP contribution in [0.1, 0.15) is 0 Å².